The SMILES string of the molecule is CCCCC(C=C(N)C(F)(F)F)=Nc1ccc(S(N)(=O)=O)cc1. The van der Waals surface area contributed by atoms with Gasteiger partial charge in [-0.2, -0.15) is 13.2 Å². The standard InChI is InChI=1S/C14H18F3N3O2S/c1-2-3-4-11(9-13(18)14(15,16)17)20-10-5-7-12(8-6-10)23(19,21)22/h5-9H,2-4,18H2,1H3,(H2,19,21,22). The van der Waals surface area contributed by atoms with Gasteiger partial charge in [0.15, 0.2) is 0 Å². The van der Waals surface area contributed by atoms with Crippen LogP contribution in [0.4, 0.5) is 18.9 Å². The van der Waals surface area contributed by atoms with Crippen LogP contribution in [0.2, 0.25) is 0 Å². The number of halogens is 3. The van der Waals surface area contributed by atoms with Gasteiger partial charge in [0.2, 0.25) is 10.0 Å². The molecule has 23 heavy (non-hydrogen) atoms. The molecule has 0 spiro atoms. The topological polar surface area (TPSA) is 98.5 Å². The van der Waals surface area contributed by atoms with Crippen LogP contribution in [0.15, 0.2) is 45.9 Å². The highest BCUT2D eigenvalue weighted by Gasteiger charge is 2.31. The normalized spacial score (nSPS) is 14.1. The van der Waals surface area contributed by atoms with E-state index in [-0.39, 0.29) is 10.6 Å². The van der Waals surface area contributed by atoms with Gasteiger partial charge in [0.1, 0.15) is 5.70 Å². The number of aliphatic imine (C=N–C) groups is 1. The maximum absolute atomic E-state index is 12.5. The quantitative estimate of drug-likeness (QED) is 0.772. The van der Waals surface area contributed by atoms with Crippen LogP contribution in [0.5, 0.6) is 0 Å². The lowest BCUT2D eigenvalue weighted by Crippen LogP contribution is -2.20. The van der Waals surface area contributed by atoms with Crippen molar-refractivity contribution in [2.75, 3.05) is 0 Å². The van der Waals surface area contributed by atoms with Crippen molar-refractivity contribution < 1.29 is 21.6 Å². The summed E-state index contributed by atoms with van der Waals surface area (Å²) < 4.78 is 59.9. The van der Waals surface area contributed by atoms with Gasteiger partial charge in [-0.1, -0.05) is 13.3 Å². The molecule has 0 bridgehead atoms. The summed E-state index contributed by atoms with van der Waals surface area (Å²) in [6, 6.07) is 5.21. The fourth-order valence-corrected chi connectivity index (χ4v) is 2.17. The van der Waals surface area contributed by atoms with Crippen LogP contribution in [0, 0.1) is 0 Å². The molecule has 1 rings (SSSR count). The zero-order valence-electron chi connectivity index (χ0n) is 12.5. The number of hydrogen-bond donors (Lipinski definition) is 2. The minimum absolute atomic E-state index is 0.100. The molecule has 0 unspecified atom stereocenters. The van der Waals surface area contributed by atoms with Gasteiger partial charge in [-0.3, -0.25) is 4.99 Å². The molecule has 0 amide bonds. The van der Waals surface area contributed by atoms with Crippen LogP contribution in [0.25, 0.3) is 0 Å². The fourth-order valence-electron chi connectivity index (χ4n) is 1.66. The van der Waals surface area contributed by atoms with E-state index in [4.69, 9.17) is 10.9 Å². The zero-order chi connectivity index (χ0) is 17.7. The van der Waals surface area contributed by atoms with Gasteiger partial charge in [0.05, 0.1) is 10.6 Å². The summed E-state index contributed by atoms with van der Waals surface area (Å²) in [5.74, 6) is 0. The molecule has 0 saturated heterocycles. The molecule has 0 saturated carbocycles. The molecule has 1 aromatic carbocycles. The second-order valence-electron chi connectivity index (χ2n) is 4.84. The maximum atomic E-state index is 12.5. The van der Waals surface area contributed by atoms with Crippen molar-refractivity contribution in [2.24, 2.45) is 15.9 Å². The first kappa shape index (κ1) is 19.2. The Hall–Kier alpha value is -1.87. The van der Waals surface area contributed by atoms with Gasteiger partial charge in [-0.05, 0) is 43.2 Å². The van der Waals surface area contributed by atoms with Crippen LogP contribution >= 0.6 is 0 Å². The molecule has 0 aliphatic heterocycles. The van der Waals surface area contributed by atoms with E-state index in [1.165, 1.54) is 24.3 Å². The molecule has 0 aromatic heterocycles. The number of allylic oxidation sites excluding steroid dienone is 2. The highest BCUT2D eigenvalue weighted by molar-refractivity contribution is 7.89. The van der Waals surface area contributed by atoms with E-state index < -0.39 is 21.9 Å². The summed E-state index contributed by atoms with van der Waals surface area (Å²) in [7, 11) is -3.83. The first-order valence-electron chi connectivity index (χ1n) is 6.79. The second kappa shape index (κ2) is 7.60. The summed E-state index contributed by atoms with van der Waals surface area (Å²) in [5.41, 5.74) is 4.28. The monoisotopic (exact) mass is 349 g/mol. The van der Waals surface area contributed by atoms with Crippen molar-refractivity contribution in [1.82, 2.24) is 0 Å². The fraction of sp³-hybridized carbons (Fsp3) is 0.357. The Morgan fingerprint density at radius 3 is 2.26 bits per heavy atom. The molecule has 1 aromatic rings. The van der Waals surface area contributed by atoms with E-state index in [1.54, 1.807) is 0 Å². The first-order valence-corrected chi connectivity index (χ1v) is 8.33. The lowest BCUT2D eigenvalue weighted by atomic mass is 10.1. The molecule has 0 atom stereocenters. The van der Waals surface area contributed by atoms with Gasteiger partial charge in [0.25, 0.3) is 0 Å². The van der Waals surface area contributed by atoms with E-state index in [2.05, 4.69) is 4.99 Å². The summed E-state index contributed by atoms with van der Waals surface area (Å²) in [4.78, 5) is 4.00. The molecule has 0 aliphatic carbocycles. The number of hydrogen-bond acceptors (Lipinski definition) is 4. The highest BCUT2D eigenvalue weighted by atomic mass is 32.2. The van der Waals surface area contributed by atoms with E-state index in [9.17, 15) is 21.6 Å². The van der Waals surface area contributed by atoms with E-state index in [0.717, 1.165) is 12.5 Å². The second-order valence-corrected chi connectivity index (χ2v) is 6.40. The molecule has 0 fully saturated rings. The van der Waals surface area contributed by atoms with Crippen LogP contribution < -0.4 is 10.9 Å². The van der Waals surface area contributed by atoms with Crippen molar-refractivity contribution in [3.8, 4) is 0 Å². The Labute approximate surface area is 132 Å². The lowest BCUT2D eigenvalue weighted by Gasteiger charge is -2.08. The number of benzene rings is 1. The zero-order valence-corrected chi connectivity index (χ0v) is 13.3. The number of rotatable bonds is 6. The predicted molar refractivity (Wildman–Crippen MR) is 82.8 cm³/mol. The van der Waals surface area contributed by atoms with E-state index >= 15 is 0 Å². The molecule has 9 heteroatoms. The number of sulfonamides is 1. The minimum Gasteiger partial charge on any atom is -0.395 e. The molecule has 0 aliphatic rings. The molecule has 128 valence electrons. The van der Waals surface area contributed by atoms with Gasteiger partial charge in [0, 0.05) is 5.71 Å². The number of primary sulfonamides is 1. The van der Waals surface area contributed by atoms with Gasteiger partial charge in [-0.25, -0.2) is 13.6 Å². The molecule has 5 nitrogen and oxygen atoms in total. The summed E-state index contributed by atoms with van der Waals surface area (Å²) >= 11 is 0. The Kier molecular flexibility index (Phi) is 6.34. The minimum atomic E-state index is -4.62. The third kappa shape index (κ3) is 6.41. The van der Waals surface area contributed by atoms with Crippen LogP contribution in [-0.4, -0.2) is 20.3 Å². The smallest absolute Gasteiger partial charge is 0.395 e. The molecule has 0 radical (unpaired) electrons. The Bertz CT molecular complexity index is 693. The van der Waals surface area contributed by atoms with Crippen molar-refractivity contribution in [1.29, 1.82) is 0 Å². The third-order valence-corrected chi connectivity index (χ3v) is 3.80. The van der Waals surface area contributed by atoms with E-state index in [1.807, 2.05) is 6.92 Å². The highest BCUT2D eigenvalue weighted by Crippen LogP contribution is 2.23. The molecular weight excluding hydrogens is 331 g/mol. The summed E-state index contributed by atoms with van der Waals surface area (Å²) in [6.45, 7) is 1.90. The largest absolute Gasteiger partial charge is 0.430 e. The van der Waals surface area contributed by atoms with Gasteiger partial charge < -0.3 is 5.73 Å². The van der Waals surface area contributed by atoms with Crippen molar-refractivity contribution in [3.05, 3.63) is 36.0 Å². The van der Waals surface area contributed by atoms with Gasteiger partial charge in [-0.15, -0.1) is 0 Å². The predicted octanol–water partition coefficient (Wildman–Crippen LogP) is 3.00. The Morgan fingerprint density at radius 1 is 1.26 bits per heavy atom. The van der Waals surface area contributed by atoms with E-state index in [0.29, 0.717) is 18.5 Å². The van der Waals surface area contributed by atoms with Crippen molar-refractivity contribution in [2.45, 2.75) is 37.3 Å². The van der Waals surface area contributed by atoms with Crippen molar-refractivity contribution in [3.63, 3.8) is 0 Å². The summed E-state index contributed by atoms with van der Waals surface area (Å²) in [5, 5.41) is 4.97. The number of nitrogens with zero attached hydrogens (tertiary/aromatic N) is 1. The van der Waals surface area contributed by atoms with Crippen LogP contribution in [0.3, 0.4) is 0 Å². The number of nitrogens with two attached hydrogens (primary N) is 2. The molecule has 0 heterocycles. The Balaban J connectivity index is 3.14. The lowest BCUT2D eigenvalue weighted by molar-refractivity contribution is -0.0925. The van der Waals surface area contributed by atoms with Crippen molar-refractivity contribution >= 4 is 21.4 Å². The summed E-state index contributed by atoms with van der Waals surface area (Å²) in [6.07, 6.45) is -2.07. The average Bonchev–Trinajstić information content (AvgIpc) is 2.43. The van der Waals surface area contributed by atoms with Crippen LogP contribution in [0.1, 0.15) is 26.2 Å². The first-order chi connectivity index (χ1) is 10.5. The molecular formula is C14H18F3N3O2S. The maximum Gasteiger partial charge on any atom is 0.430 e. The van der Waals surface area contributed by atoms with Gasteiger partial charge >= 0.3 is 6.18 Å². The number of unbranched alkanes of at least 4 members (excludes halogenated alkanes) is 1. The Morgan fingerprint density at radius 2 is 1.83 bits per heavy atom. The van der Waals surface area contributed by atoms with Crippen LogP contribution in [-0.2, 0) is 10.0 Å². The third-order valence-electron chi connectivity index (χ3n) is 2.87. The molecule has 4 N–H and O–H groups in total. The number of alkyl halides is 3. The average molecular weight is 349 g/mol.